The fourth-order valence-electron chi connectivity index (χ4n) is 3.16. The van der Waals surface area contributed by atoms with Gasteiger partial charge in [-0.15, -0.1) is 11.6 Å². The van der Waals surface area contributed by atoms with Crippen LogP contribution in [0.25, 0.3) is 0 Å². The van der Waals surface area contributed by atoms with Gasteiger partial charge in [0.2, 0.25) is 0 Å². The van der Waals surface area contributed by atoms with Crippen LogP contribution < -0.4 is 0 Å². The molecule has 0 nitrogen and oxygen atoms in total. The molecule has 0 bridgehead atoms. The highest BCUT2D eigenvalue weighted by atomic mass is 35.5. The SMILES string of the molecule is ClC1CCCC(CC2CCCC2)C1. The molecule has 0 aromatic rings. The molecule has 2 saturated carbocycles. The molecule has 2 fully saturated rings. The molecule has 13 heavy (non-hydrogen) atoms. The Morgan fingerprint density at radius 2 is 1.54 bits per heavy atom. The van der Waals surface area contributed by atoms with Crippen molar-refractivity contribution in [3.8, 4) is 0 Å². The van der Waals surface area contributed by atoms with Crippen LogP contribution in [-0.2, 0) is 0 Å². The largest absolute Gasteiger partial charge is 0.123 e. The van der Waals surface area contributed by atoms with E-state index >= 15 is 0 Å². The van der Waals surface area contributed by atoms with Gasteiger partial charge < -0.3 is 0 Å². The van der Waals surface area contributed by atoms with Crippen molar-refractivity contribution >= 4 is 11.6 Å². The summed E-state index contributed by atoms with van der Waals surface area (Å²) in [5.74, 6) is 2.03. The summed E-state index contributed by atoms with van der Waals surface area (Å²) >= 11 is 6.20. The molecule has 0 saturated heterocycles. The Bertz CT molecular complexity index is 149. The molecule has 2 aliphatic rings. The Labute approximate surface area is 87.0 Å². The van der Waals surface area contributed by atoms with Gasteiger partial charge in [0.1, 0.15) is 0 Å². The zero-order chi connectivity index (χ0) is 9.10. The summed E-state index contributed by atoms with van der Waals surface area (Å²) in [5, 5.41) is 0.500. The average Bonchev–Trinajstić information content (AvgIpc) is 2.57. The second-order valence-electron chi connectivity index (χ2n) is 5.02. The maximum Gasteiger partial charge on any atom is 0.0338 e. The summed E-state index contributed by atoms with van der Waals surface area (Å²) in [6.07, 6.45) is 12.9. The first-order valence-electron chi connectivity index (χ1n) is 5.98. The Morgan fingerprint density at radius 3 is 2.23 bits per heavy atom. The molecule has 0 radical (unpaired) electrons. The summed E-state index contributed by atoms with van der Waals surface area (Å²) in [7, 11) is 0. The Hall–Kier alpha value is 0.290. The minimum atomic E-state index is 0.500. The molecule has 0 heterocycles. The summed E-state index contributed by atoms with van der Waals surface area (Å²) in [6, 6.07) is 0. The number of rotatable bonds is 2. The van der Waals surface area contributed by atoms with E-state index in [2.05, 4.69) is 0 Å². The first kappa shape index (κ1) is 9.83. The van der Waals surface area contributed by atoms with E-state index in [0.29, 0.717) is 5.38 Å². The van der Waals surface area contributed by atoms with Gasteiger partial charge in [0.15, 0.2) is 0 Å². The van der Waals surface area contributed by atoms with Crippen molar-refractivity contribution in [1.29, 1.82) is 0 Å². The summed E-state index contributed by atoms with van der Waals surface area (Å²) in [6.45, 7) is 0. The van der Waals surface area contributed by atoms with Crippen LogP contribution in [0.1, 0.15) is 57.8 Å². The van der Waals surface area contributed by atoms with Crippen LogP contribution in [0.2, 0.25) is 0 Å². The highest BCUT2D eigenvalue weighted by Crippen LogP contribution is 2.37. The molecule has 0 aromatic carbocycles. The molecular weight excluding hydrogens is 180 g/mol. The van der Waals surface area contributed by atoms with Crippen molar-refractivity contribution in [3.63, 3.8) is 0 Å². The predicted molar refractivity (Wildman–Crippen MR) is 58.2 cm³/mol. The van der Waals surface area contributed by atoms with Crippen molar-refractivity contribution in [2.24, 2.45) is 11.8 Å². The summed E-state index contributed by atoms with van der Waals surface area (Å²) in [5.41, 5.74) is 0. The van der Waals surface area contributed by atoms with Crippen LogP contribution in [0, 0.1) is 11.8 Å². The average molecular weight is 201 g/mol. The van der Waals surface area contributed by atoms with Crippen molar-refractivity contribution in [1.82, 2.24) is 0 Å². The minimum absolute atomic E-state index is 0.500. The molecule has 76 valence electrons. The van der Waals surface area contributed by atoms with Gasteiger partial charge in [-0.05, 0) is 31.1 Å². The van der Waals surface area contributed by atoms with E-state index in [1.54, 1.807) is 0 Å². The number of alkyl halides is 1. The topological polar surface area (TPSA) is 0 Å². The maximum atomic E-state index is 6.20. The van der Waals surface area contributed by atoms with Crippen LogP contribution in [0.5, 0.6) is 0 Å². The molecule has 0 amide bonds. The van der Waals surface area contributed by atoms with Gasteiger partial charge in [0.05, 0.1) is 0 Å². The lowest BCUT2D eigenvalue weighted by atomic mass is 9.82. The fraction of sp³-hybridized carbons (Fsp3) is 1.00. The van der Waals surface area contributed by atoms with Crippen LogP contribution in [0.4, 0.5) is 0 Å². The molecule has 0 aliphatic heterocycles. The highest BCUT2D eigenvalue weighted by Gasteiger charge is 2.24. The highest BCUT2D eigenvalue weighted by molar-refractivity contribution is 6.20. The third kappa shape index (κ3) is 2.87. The third-order valence-corrected chi connectivity index (χ3v) is 4.26. The standard InChI is InChI=1S/C12H21Cl/c13-12-7-3-6-11(9-12)8-10-4-1-2-5-10/h10-12H,1-9H2. The third-order valence-electron chi connectivity index (χ3n) is 3.86. The lowest BCUT2D eigenvalue weighted by Gasteiger charge is -2.27. The molecule has 2 aliphatic carbocycles. The van der Waals surface area contributed by atoms with Crippen LogP contribution in [0.15, 0.2) is 0 Å². The minimum Gasteiger partial charge on any atom is -0.123 e. The molecule has 0 aromatic heterocycles. The van der Waals surface area contributed by atoms with Crippen molar-refractivity contribution in [2.45, 2.75) is 63.2 Å². The number of hydrogen-bond donors (Lipinski definition) is 0. The Balaban J connectivity index is 1.73. The summed E-state index contributed by atoms with van der Waals surface area (Å²) in [4.78, 5) is 0. The lowest BCUT2D eigenvalue weighted by molar-refractivity contribution is 0.292. The van der Waals surface area contributed by atoms with Gasteiger partial charge in [-0.25, -0.2) is 0 Å². The zero-order valence-corrected chi connectivity index (χ0v) is 9.23. The van der Waals surface area contributed by atoms with Crippen LogP contribution in [0.3, 0.4) is 0 Å². The van der Waals surface area contributed by atoms with Crippen molar-refractivity contribution < 1.29 is 0 Å². The first-order chi connectivity index (χ1) is 6.34. The second kappa shape index (κ2) is 4.68. The van der Waals surface area contributed by atoms with E-state index < -0.39 is 0 Å². The van der Waals surface area contributed by atoms with Crippen molar-refractivity contribution in [2.75, 3.05) is 0 Å². The number of hydrogen-bond acceptors (Lipinski definition) is 0. The van der Waals surface area contributed by atoms with Gasteiger partial charge >= 0.3 is 0 Å². The number of halogens is 1. The van der Waals surface area contributed by atoms with Gasteiger partial charge in [0.25, 0.3) is 0 Å². The van der Waals surface area contributed by atoms with Gasteiger partial charge in [0, 0.05) is 5.38 Å². The molecule has 1 heteroatoms. The van der Waals surface area contributed by atoms with Gasteiger partial charge in [-0.2, -0.15) is 0 Å². The zero-order valence-electron chi connectivity index (χ0n) is 8.47. The van der Waals surface area contributed by atoms with E-state index in [9.17, 15) is 0 Å². The van der Waals surface area contributed by atoms with E-state index in [1.165, 1.54) is 57.8 Å². The Morgan fingerprint density at radius 1 is 0.846 bits per heavy atom. The molecule has 0 spiro atoms. The predicted octanol–water partition coefficient (Wildman–Crippen LogP) is 4.36. The van der Waals surface area contributed by atoms with E-state index in [0.717, 1.165) is 11.8 Å². The Kier molecular flexibility index (Phi) is 3.54. The van der Waals surface area contributed by atoms with E-state index in [4.69, 9.17) is 11.6 Å². The van der Waals surface area contributed by atoms with Gasteiger partial charge in [-0.1, -0.05) is 38.5 Å². The molecule has 2 atom stereocenters. The van der Waals surface area contributed by atoms with Crippen molar-refractivity contribution in [3.05, 3.63) is 0 Å². The fourth-order valence-corrected chi connectivity index (χ4v) is 3.56. The molecule has 2 rings (SSSR count). The van der Waals surface area contributed by atoms with E-state index in [-0.39, 0.29) is 0 Å². The second-order valence-corrected chi connectivity index (χ2v) is 5.63. The maximum absolute atomic E-state index is 6.20. The van der Waals surface area contributed by atoms with Gasteiger partial charge in [-0.3, -0.25) is 0 Å². The normalized spacial score (nSPS) is 36.7. The molecule has 0 N–H and O–H groups in total. The quantitative estimate of drug-likeness (QED) is 0.581. The van der Waals surface area contributed by atoms with Crippen LogP contribution >= 0.6 is 11.6 Å². The summed E-state index contributed by atoms with van der Waals surface area (Å²) < 4.78 is 0. The monoisotopic (exact) mass is 200 g/mol. The lowest BCUT2D eigenvalue weighted by Crippen LogP contribution is -2.17. The molecule has 2 unspecified atom stereocenters. The van der Waals surface area contributed by atoms with E-state index in [1.807, 2.05) is 0 Å². The smallest absolute Gasteiger partial charge is 0.0338 e. The first-order valence-corrected chi connectivity index (χ1v) is 6.42. The van der Waals surface area contributed by atoms with Crippen LogP contribution in [-0.4, -0.2) is 5.38 Å². The molecular formula is C12H21Cl.